The molecular formula is C13H14N2. The first-order valence-electron chi connectivity index (χ1n) is 4.95. The molecule has 0 atom stereocenters. The van der Waals surface area contributed by atoms with Gasteiger partial charge in [-0.1, -0.05) is 6.07 Å². The Balaban J connectivity index is 2.63. The average molecular weight is 198 g/mol. The molecule has 0 fully saturated rings. The SMILES string of the molecule is Cc1cc(N)c(C)c(-c2ccncc2)c1. The zero-order valence-electron chi connectivity index (χ0n) is 8.99. The van der Waals surface area contributed by atoms with Gasteiger partial charge in [0, 0.05) is 18.1 Å². The zero-order valence-corrected chi connectivity index (χ0v) is 8.99. The van der Waals surface area contributed by atoms with Crippen LogP contribution >= 0.6 is 0 Å². The quantitative estimate of drug-likeness (QED) is 0.715. The average Bonchev–Trinajstić information content (AvgIpc) is 2.24. The Kier molecular flexibility index (Phi) is 2.42. The van der Waals surface area contributed by atoms with E-state index in [-0.39, 0.29) is 0 Å². The predicted octanol–water partition coefficient (Wildman–Crippen LogP) is 2.95. The number of pyridine rings is 1. The molecule has 1 heterocycles. The molecule has 2 aromatic rings. The summed E-state index contributed by atoms with van der Waals surface area (Å²) < 4.78 is 0. The maximum Gasteiger partial charge on any atom is 0.0352 e. The van der Waals surface area contributed by atoms with Crippen molar-refractivity contribution in [3.05, 3.63) is 47.8 Å². The maximum absolute atomic E-state index is 5.94. The molecule has 1 aromatic heterocycles. The summed E-state index contributed by atoms with van der Waals surface area (Å²) in [6.45, 7) is 4.10. The van der Waals surface area contributed by atoms with Crippen molar-refractivity contribution in [3.8, 4) is 11.1 Å². The summed E-state index contributed by atoms with van der Waals surface area (Å²) in [4.78, 5) is 4.01. The third-order valence-electron chi connectivity index (χ3n) is 2.58. The van der Waals surface area contributed by atoms with E-state index < -0.39 is 0 Å². The maximum atomic E-state index is 5.94. The van der Waals surface area contributed by atoms with Gasteiger partial charge in [0.2, 0.25) is 0 Å². The van der Waals surface area contributed by atoms with Crippen molar-refractivity contribution in [3.63, 3.8) is 0 Å². The van der Waals surface area contributed by atoms with Crippen molar-refractivity contribution in [2.45, 2.75) is 13.8 Å². The fraction of sp³-hybridized carbons (Fsp3) is 0.154. The van der Waals surface area contributed by atoms with Crippen LogP contribution in [0.25, 0.3) is 11.1 Å². The second-order valence-electron chi connectivity index (χ2n) is 3.76. The van der Waals surface area contributed by atoms with Crippen molar-refractivity contribution in [1.29, 1.82) is 0 Å². The van der Waals surface area contributed by atoms with Crippen LogP contribution in [-0.2, 0) is 0 Å². The predicted molar refractivity (Wildman–Crippen MR) is 63.6 cm³/mol. The van der Waals surface area contributed by atoms with Gasteiger partial charge in [0.1, 0.15) is 0 Å². The Bertz CT molecular complexity index is 475. The molecular weight excluding hydrogens is 184 g/mol. The van der Waals surface area contributed by atoms with E-state index in [0.717, 1.165) is 16.8 Å². The highest BCUT2D eigenvalue weighted by molar-refractivity contribution is 5.73. The van der Waals surface area contributed by atoms with Crippen molar-refractivity contribution in [2.75, 3.05) is 5.73 Å². The van der Waals surface area contributed by atoms with Gasteiger partial charge in [-0.2, -0.15) is 0 Å². The number of aromatic nitrogens is 1. The lowest BCUT2D eigenvalue weighted by atomic mass is 9.98. The van der Waals surface area contributed by atoms with Crippen LogP contribution in [0.4, 0.5) is 5.69 Å². The van der Waals surface area contributed by atoms with Gasteiger partial charge in [0.05, 0.1) is 0 Å². The van der Waals surface area contributed by atoms with Gasteiger partial charge < -0.3 is 5.73 Å². The number of benzene rings is 1. The molecule has 0 radical (unpaired) electrons. The minimum atomic E-state index is 0.849. The van der Waals surface area contributed by atoms with Crippen molar-refractivity contribution in [1.82, 2.24) is 4.98 Å². The standard InChI is InChI=1S/C13H14N2/c1-9-7-12(10(2)13(14)8-9)11-3-5-15-6-4-11/h3-8H,14H2,1-2H3. The molecule has 0 amide bonds. The summed E-state index contributed by atoms with van der Waals surface area (Å²) in [6.07, 6.45) is 3.60. The Morgan fingerprint density at radius 1 is 1.07 bits per heavy atom. The number of rotatable bonds is 1. The van der Waals surface area contributed by atoms with Gasteiger partial charge in [0.25, 0.3) is 0 Å². The molecule has 0 bridgehead atoms. The normalized spacial score (nSPS) is 10.3. The highest BCUT2D eigenvalue weighted by Gasteiger charge is 2.05. The molecule has 0 spiro atoms. The van der Waals surface area contributed by atoms with Gasteiger partial charge in [-0.3, -0.25) is 4.98 Å². The number of aryl methyl sites for hydroxylation is 1. The van der Waals surface area contributed by atoms with E-state index in [9.17, 15) is 0 Å². The zero-order chi connectivity index (χ0) is 10.8. The smallest absolute Gasteiger partial charge is 0.0352 e. The second kappa shape index (κ2) is 3.73. The molecule has 0 saturated heterocycles. The van der Waals surface area contributed by atoms with Gasteiger partial charge >= 0.3 is 0 Å². The minimum Gasteiger partial charge on any atom is -0.398 e. The summed E-state index contributed by atoms with van der Waals surface area (Å²) in [7, 11) is 0. The first-order chi connectivity index (χ1) is 7.18. The molecule has 2 heteroatoms. The number of hydrogen-bond donors (Lipinski definition) is 1. The minimum absolute atomic E-state index is 0.849. The highest BCUT2D eigenvalue weighted by atomic mass is 14.6. The molecule has 0 aliphatic rings. The lowest BCUT2D eigenvalue weighted by Crippen LogP contribution is -1.94. The van der Waals surface area contributed by atoms with Crippen LogP contribution in [-0.4, -0.2) is 4.98 Å². The summed E-state index contributed by atoms with van der Waals surface area (Å²) in [5.41, 5.74) is 11.5. The molecule has 2 nitrogen and oxygen atoms in total. The number of anilines is 1. The van der Waals surface area contributed by atoms with E-state index in [4.69, 9.17) is 5.73 Å². The van der Waals surface area contributed by atoms with Crippen LogP contribution in [0.3, 0.4) is 0 Å². The van der Waals surface area contributed by atoms with Crippen molar-refractivity contribution in [2.24, 2.45) is 0 Å². The molecule has 15 heavy (non-hydrogen) atoms. The summed E-state index contributed by atoms with van der Waals surface area (Å²) in [5.74, 6) is 0. The first-order valence-corrected chi connectivity index (χ1v) is 4.95. The Labute approximate surface area is 89.8 Å². The fourth-order valence-electron chi connectivity index (χ4n) is 1.72. The van der Waals surface area contributed by atoms with Gasteiger partial charge in [-0.15, -0.1) is 0 Å². The highest BCUT2D eigenvalue weighted by Crippen LogP contribution is 2.27. The summed E-state index contributed by atoms with van der Waals surface area (Å²) in [6, 6.07) is 8.16. The van der Waals surface area contributed by atoms with Crippen LogP contribution < -0.4 is 5.73 Å². The third-order valence-corrected chi connectivity index (χ3v) is 2.58. The third kappa shape index (κ3) is 1.84. The largest absolute Gasteiger partial charge is 0.398 e. The second-order valence-corrected chi connectivity index (χ2v) is 3.76. The van der Waals surface area contributed by atoms with Gasteiger partial charge in [-0.25, -0.2) is 0 Å². The first kappa shape index (κ1) is 9.71. The molecule has 76 valence electrons. The van der Waals surface area contributed by atoms with Gasteiger partial charge in [-0.05, 0) is 54.3 Å². The Hall–Kier alpha value is -1.83. The van der Waals surface area contributed by atoms with Crippen molar-refractivity contribution < 1.29 is 0 Å². The van der Waals surface area contributed by atoms with E-state index in [1.807, 2.05) is 25.1 Å². The van der Waals surface area contributed by atoms with Crippen LogP contribution in [0, 0.1) is 13.8 Å². The molecule has 2 rings (SSSR count). The topological polar surface area (TPSA) is 38.9 Å². The lowest BCUT2D eigenvalue weighted by Gasteiger charge is -2.10. The summed E-state index contributed by atoms with van der Waals surface area (Å²) >= 11 is 0. The van der Waals surface area contributed by atoms with Crippen molar-refractivity contribution >= 4 is 5.69 Å². The number of nitrogens with zero attached hydrogens (tertiary/aromatic N) is 1. The number of hydrogen-bond acceptors (Lipinski definition) is 2. The molecule has 0 aliphatic carbocycles. The van der Waals surface area contributed by atoms with Crippen LogP contribution in [0.1, 0.15) is 11.1 Å². The number of nitrogens with two attached hydrogens (primary N) is 1. The summed E-state index contributed by atoms with van der Waals surface area (Å²) in [5, 5.41) is 0. The van der Waals surface area contributed by atoms with E-state index in [1.165, 1.54) is 11.1 Å². The molecule has 0 unspecified atom stereocenters. The van der Waals surface area contributed by atoms with E-state index in [0.29, 0.717) is 0 Å². The van der Waals surface area contributed by atoms with Crippen LogP contribution in [0.2, 0.25) is 0 Å². The Morgan fingerprint density at radius 2 is 1.73 bits per heavy atom. The van der Waals surface area contributed by atoms with Crippen LogP contribution in [0.15, 0.2) is 36.7 Å². The lowest BCUT2D eigenvalue weighted by molar-refractivity contribution is 1.32. The number of nitrogen functional groups attached to an aromatic ring is 1. The molecule has 2 N–H and O–H groups in total. The van der Waals surface area contributed by atoms with Crippen LogP contribution in [0.5, 0.6) is 0 Å². The van der Waals surface area contributed by atoms with E-state index in [1.54, 1.807) is 12.4 Å². The molecule has 1 aromatic carbocycles. The Morgan fingerprint density at radius 3 is 2.40 bits per heavy atom. The molecule has 0 saturated carbocycles. The monoisotopic (exact) mass is 198 g/mol. The fourth-order valence-corrected chi connectivity index (χ4v) is 1.72. The van der Waals surface area contributed by atoms with Gasteiger partial charge in [0.15, 0.2) is 0 Å². The van der Waals surface area contributed by atoms with E-state index in [2.05, 4.69) is 18.0 Å². The molecule has 0 aliphatic heterocycles. The van der Waals surface area contributed by atoms with E-state index >= 15 is 0 Å².